The van der Waals surface area contributed by atoms with Gasteiger partial charge in [-0.05, 0) is 43.3 Å². The number of esters is 1. The van der Waals surface area contributed by atoms with Gasteiger partial charge in [-0.3, -0.25) is 9.36 Å². The van der Waals surface area contributed by atoms with Crippen molar-refractivity contribution in [3.63, 3.8) is 0 Å². The van der Waals surface area contributed by atoms with Crippen LogP contribution in [-0.2, 0) is 4.74 Å². The van der Waals surface area contributed by atoms with E-state index in [1.807, 2.05) is 24.3 Å². The Morgan fingerprint density at radius 2 is 1.62 bits per heavy atom. The lowest BCUT2D eigenvalue weighted by Crippen LogP contribution is -2.27. The summed E-state index contributed by atoms with van der Waals surface area (Å²) in [5, 5.41) is 0.647. The summed E-state index contributed by atoms with van der Waals surface area (Å²) in [6.07, 6.45) is -0.765. The molecule has 5 nitrogen and oxygen atoms in total. The molecule has 0 saturated carbocycles. The standard InChI is InChI=1S/C23H17ClN2O3/c1-15(29-23(28)16-9-4-2-5-10-16)21-25-19-14-8-13-18(24)20(19)22(27)26(21)17-11-6-3-7-12-17/h2-15H,1H3/t15-/m1/s1. The van der Waals surface area contributed by atoms with E-state index in [9.17, 15) is 9.59 Å². The fraction of sp³-hybridized carbons (Fsp3) is 0.0870. The summed E-state index contributed by atoms with van der Waals surface area (Å²) < 4.78 is 7.07. The molecule has 4 rings (SSSR count). The number of hydrogen-bond donors (Lipinski definition) is 0. The van der Waals surface area contributed by atoms with Crippen LogP contribution in [0.25, 0.3) is 16.6 Å². The summed E-state index contributed by atoms with van der Waals surface area (Å²) in [6.45, 7) is 1.69. The molecule has 6 heteroatoms. The van der Waals surface area contributed by atoms with Gasteiger partial charge in [-0.15, -0.1) is 0 Å². The lowest BCUT2D eigenvalue weighted by Gasteiger charge is -2.19. The number of benzene rings is 3. The molecule has 144 valence electrons. The first-order chi connectivity index (χ1) is 14.1. The number of ether oxygens (including phenoxy) is 1. The van der Waals surface area contributed by atoms with Crippen LogP contribution in [-0.4, -0.2) is 15.5 Å². The highest BCUT2D eigenvalue weighted by Crippen LogP contribution is 2.24. The zero-order valence-electron chi connectivity index (χ0n) is 15.6. The Labute approximate surface area is 172 Å². The first kappa shape index (κ1) is 18.9. The second-order valence-corrected chi connectivity index (χ2v) is 6.90. The first-order valence-electron chi connectivity index (χ1n) is 9.09. The van der Waals surface area contributed by atoms with Gasteiger partial charge in [0.15, 0.2) is 11.9 Å². The maximum atomic E-state index is 13.3. The minimum absolute atomic E-state index is 0.315. The van der Waals surface area contributed by atoms with E-state index in [1.54, 1.807) is 61.5 Å². The minimum atomic E-state index is -0.765. The largest absolute Gasteiger partial charge is 0.451 e. The third-order valence-corrected chi connectivity index (χ3v) is 4.86. The van der Waals surface area contributed by atoms with Gasteiger partial charge in [0.25, 0.3) is 5.56 Å². The zero-order chi connectivity index (χ0) is 20.4. The molecule has 0 saturated heterocycles. The Kier molecular flexibility index (Phi) is 5.14. The van der Waals surface area contributed by atoms with Crippen LogP contribution in [0.15, 0.2) is 83.7 Å². The predicted octanol–water partition coefficient (Wildman–Crippen LogP) is 4.96. The maximum Gasteiger partial charge on any atom is 0.338 e. The van der Waals surface area contributed by atoms with E-state index >= 15 is 0 Å². The fourth-order valence-electron chi connectivity index (χ4n) is 3.16. The van der Waals surface area contributed by atoms with Crippen molar-refractivity contribution in [3.05, 3.63) is 106 Å². The highest BCUT2D eigenvalue weighted by atomic mass is 35.5. The number of carbonyl (C=O) groups excluding carboxylic acids is 1. The van der Waals surface area contributed by atoms with Crippen molar-refractivity contribution in [1.29, 1.82) is 0 Å². The van der Waals surface area contributed by atoms with E-state index in [4.69, 9.17) is 16.3 Å². The number of fused-ring (bicyclic) bond motifs is 1. The number of halogens is 1. The Morgan fingerprint density at radius 1 is 0.966 bits per heavy atom. The van der Waals surface area contributed by atoms with Gasteiger partial charge in [0.05, 0.1) is 27.2 Å². The van der Waals surface area contributed by atoms with Crippen LogP contribution in [0.5, 0.6) is 0 Å². The highest BCUT2D eigenvalue weighted by Gasteiger charge is 2.22. The van der Waals surface area contributed by atoms with Crippen molar-refractivity contribution < 1.29 is 9.53 Å². The molecule has 4 aromatic rings. The summed E-state index contributed by atoms with van der Waals surface area (Å²) >= 11 is 6.28. The van der Waals surface area contributed by atoms with Crippen LogP contribution in [0.1, 0.15) is 29.2 Å². The molecule has 0 amide bonds. The molecule has 0 unspecified atom stereocenters. The summed E-state index contributed by atoms with van der Waals surface area (Å²) in [5.41, 5.74) is 1.18. The molecule has 0 spiro atoms. The topological polar surface area (TPSA) is 61.2 Å². The van der Waals surface area contributed by atoms with Crippen LogP contribution in [0.2, 0.25) is 5.02 Å². The number of para-hydroxylation sites is 1. The van der Waals surface area contributed by atoms with Crippen LogP contribution in [0.4, 0.5) is 0 Å². The average Bonchev–Trinajstić information content (AvgIpc) is 2.74. The molecule has 0 radical (unpaired) electrons. The average molecular weight is 405 g/mol. The van der Waals surface area contributed by atoms with Crippen molar-refractivity contribution in [3.8, 4) is 5.69 Å². The molecule has 29 heavy (non-hydrogen) atoms. The Hall–Kier alpha value is -3.44. The van der Waals surface area contributed by atoms with Gasteiger partial charge in [0, 0.05) is 0 Å². The number of hydrogen-bond acceptors (Lipinski definition) is 4. The van der Waals surface area contributed by atoms with E-state index in [2.05, 4.69) is 4.98 Å². The van der Waals surface area contributed by atoms with Crippen molar-refractivity contribution in [1.82, 2.24) is 9.55 Å². The molecule has 0 aliphatic heterocycles. The van der Waals surface area contributed by atoms with Crippen molar-refractivity contribution in [2.45, 2.75) is 13.0 Å². The third kappa shape index (κ3) is 3.65. The smallest absolute Gasteiger partial charge is 0.338 e. The summed E-state index contributed by atoms with van der Waals surface area (Å²) in [6, 6.07) is 22.9. The Bertz CT molecular complexity index is 1240. The van der Waals surface area contributed by atoms with Crippen molar-refractivity contribution in [2.24, 2.45) is 0 Å². The molecular weight excluding hydrogens is 388 g/mol. The van der Waals surface area contributed by atoms with Gasteiger partial charge >= 0.3 is 5.97 Å². The molecule has 0 bridgehead atoms. The first-order valence-corrected chi connectivity index (χ1v) is 9.46. The van der Waals surface area contributed by atoms with E-state index < -0.39 is 12.1 Å². The third-order valence-electron chi connectivity index (χ3n) is 4.54. The maximum absolute atomic E-state index is 13.3. The fourth-order valence-corrected chi connectivity index (χ4v) is 3.41. The summed E-state index contributed by atoms with van der Waals surface area (Å²) in [4.78, 5) is 30.5. The SMILES string of the molecule is C[C@@H](OC(=O)c1ccccc1)c1nc2cccc(Cl)c2c(=O)n1-c1ccccc1. The second kappa shape index (κ2) is 7.89. The molecular formula is C23H17ClN2O3. The van der Waals surface area contributed by atoms with Gasteiger partial charge in [-0.25, -0.2) is 9.78 Å². The highest BCUT2D eigenvalue weighted by molar-refractivity contribution is 6.35. The lowest BCUT2D eigenvalue weighted by atomic mass is 10.2. The van der Waals surface area contributed by atoms with Crippen molar-refractivity contribution in [2.75, 3.05) is 0 Å². The van der Waals surface area contributed by atoms with E-state index in [0.29, 0.717) is 33.0 Å². The Morgan fingerprint density at radius 3 is 2.31 bits per heavy atom. The molecule has 0 N–H and O–H groups in total. The van der Waals surface area contributed by atoms with Gasteiger partial charge in [0.2, 0.25) is 0 Å². The van der Waals surface area contributed by atoms with E-state index in [1.165, 1.54) is 4.57 Å². The lowest BCUT2D eigenvalue weighted by molar-refractivity contribution is 0.0315. The second-order valence-electron chi connectivity index (χ2n) is 6.49. The van der Waals surface area contributed by atoms with Crippen LogP contribution >= 0.6 is 11.6 Å². The molecule has 3 aromatic carbocycles. The molecule has 0 fully saturated rings. The Balaban J connectivity index is 1.86. The summed E-state index contributed by atoms with van der Waals surface area (Å²) in [5.74, 6) is -0.168. The van der Waals surface area contributed by atoms with Crippen molar-refractivity contribution >= 4 is 28.5 Å². The minimum Gasteiger partial charge on any atom is -0.451 e. The summed E-state index contributed by atoms with van der Waals surface area (Å²) in [7, 11) is 0. The normalized spacial score (nSPS) is 11.9. The predicted molar refractivity (Wildman–Crippen MR) is 113 cm³/mol. The van der Waals surface area contributed by atoms with Crippen LogP contribution in [0, 0.1) is 0 Å². The molecule has 1 heterocycles. The number of carbonyl (C=O) groups is 1. The van der Waals surface area contributed by atoms with E-state index in [0.717, 1.165) is 0 Å². The van der Waals surface area contributed by atoms with Crippen LogP contribution < -0.4 is 5.56 Å². The molecule has 0 aliphatic carbocycles. The number of nitrogens with zero attached hydrogens (tertiary/aromatic N) is 2. The van der Waals surface area contributed by atoms with Gasteiger partial charge in [0.1, 0.15) is 0 Å². The van der Waals surface area contributed by atoms with Crippen LogP contribution in [0.3, 0.4) is 0 Å². The van der Waals surface area contributed by atoms with Gasteiger partial charge in [-0.1, -0.05) is 54.1 Å². The monoisotopic (exact) mass is 404 g/mol. The zero-order valence-corrected chi connectivity index (χ0v) is 16.3. The van der Waals surface area contributed by atoms with Gasteiger partial charge < -0.3 is 4.74 Å². The molecule has 1 atom stereocenters. The van der Waals surface area contributed by atoms with E-state index in [-0.39, 0.29) is 5.56 Å². The van der Waals surface area contributed by atoms with Gasteiger partial charge in [-0.2, -0.15) is 0 Å². The number of aromatic nitrogens is 2. The molecule has 1 aromatic heterocycles. The quantitative estimate of drug-likeness (QED) is 0.451. The number of rotatable bonds is 4. The molecule has 0 aliphatic rings.